The quantitative estimate of drug-likeness (QED) is 0.592. The molecule has 1 amide bonds. The molecule has 25 heavy (non-hydrogen) atoms. The molecular formula is C20H23NO4. The Morgan fingerprint density at radius 2 is 1.68 bits per heavy atom. The van der Waals surface area contributed by atoms with Gasteiger partial charge in [0, 0.05) is 0 Å². The lowest BCUT2D eigenvalue weighted by Gasteiger charge is -2.09. The van der Waals surface area contributed by atoms with E-state index in [1.165, 1.54) is 0 Å². The molecule has 0 spiro atoms. The van der Waals surface area contributed by atoms with Crippen LogP contribution in [0, 0.1) is 0 Å². The number of carbonyl (C=O) groups is 2. The summed E-state index contributed by atoms with van der Waals surface area (Å²) >= 11 is 0. The molecule has 0 aliphatic carbocycles. The van der Waals surface area contributed by atoms with Crippen molar-refractivity contribution in [2.24, 2.45) is 0 Å². The van der Waals surface area contributed by atoms with Gasteiger partial charge in [0.2, 0.25) is 0 Å². The van der Waals surface area contributed by atoms with Crippen LogP contribution < -0.4 is 10.1 Å². The van der Waals surface area contributed by atoms with E-state index in [2.05, 4.69) is 19.2 Å². The summed E-state index contributed by atoms with van der Waals surface area (Å²) in [5, 5.41) is 2.64. The number of carbonyl (C=O) groups excluding carboxylic acids is 2. The third-order valence-corrected chi connectivity index (χ3v) is 3.58. The summed E-state index contributed by atoms with van der Waals surface area (Å²) in [6.45, 7) is 4.54. The van der Waals surface area contributed by atoms with Crippen LogP contribution in [0.1, 0.15) is 35.7 Å². The molecule has 0 unspecified atom stereocenters. The number of hydrogen-bond acceptors (Lipinski definition) is 4. The normalized spacial score (nSPS) is 10.4. The van der Waals surface area contributed by atoms with Crippen molar-refractivity contribution in [1.29, 1.82) is 0 Å². The van der Waals surface area contributed by atoms with E-state index in [0.717, 1.165) is 11.3 Å². The van der Waals surface area contributed by atoms with Gasteiger partial charge in [-0.25, -0.2) is 4.79 Å². The van der Waals surface area contributed by atoms with E-state index in [4.69, 9.17) is 9.47 Å². The molecule has 0 aliphatic rings. The Morgan fingerprint density at radius 3 is 2.32 bits per heavy atom. The fourth-order valence-electron chi connectivity index (χ4n) is 2.15. The first kappa shape index (κ1) is 18.5. The molecule has 132 valence electrons. The predicted molar refractivity (Wildman–Crippen MR) is 95.8 cm³/mol. The maximum atomic E-state index is 11.9. The lowest BCUT2D eigenvalue weighted by molar-refractivity contribution is -0.124. The molecule has 0 bridgehead atoms. The van der Waals surface area contributed by atoms with E-state index >= 15 is 0 Å². The number of nitrogens with one attached hydrogen (secondary N) is 1. The van der Waals surface area contributed by atoms with E-state index in [-0.39, 0.29) is 12.5 Å². The number of ether oxygens (including phenoxy) is 2. The molecule has 0 saturated carbocycles. The van der Waals surface area contributed by atoms with Gasteiger partial charge in [-0.15, -0.1) is 0 Å². The molecule has 1 N–H and O–H groups in total. The van der Waals surface area contributed by atoms with Crippen LogP contribution in [0.15, 0.2) is 54.6 Å². The van der Waals surface area contributed by atoms with Crippen LogP contribution in [0.5, 0.6) is 5.75 Å². The highest BCUT2D eigenvalue weighted by atomic mass is 16.5. The summed E-state index contributed by atoms with van der Waals surface area (Å²) in [5.41, 5.74) is 1.58. The van der Waals surface area contributed by atoms with Crippen LogP contribution in [0.3, 0.4) is 0 Å². The highest BCUT2D eigenvalue weighted by molar-refractivity contribution is 5.91. The standard InChI is InChI=1S/C20H23NO4/c1-15(2)16-8-10-17(11-9-16)20(23)25-14-19(22)21-12-13-24-18-6-4-3-5-7-18/h3-11,15H,12-14H2,1-2H3,(H,21,22). The molecule has 0 saturated heterocycles. The lowest BCUT2D eigenvalue weighted by atomic mass is 10.0. The summed E-state index contributed by atoms with van der Waals surface area (Å²) in [6.07, 6.45) is 0. The molecule has 0 fully saturated rings. The Bertz CT molecular complexity index is 681. The van der Waals surface area contributed by atoms with E-state index in [9.17, 15) is 9.59 Å². The van der Waals surface area contributed by atoms with E-state index in [1.807, 2.05) is 42.5 Å². The van der Waals surface area contributed by atoms with Gasteiger partial charge in [-0.1, -0.05) is 44.2 Å². The van der Waals surface area contributed by atoms with Crippen LogP contribution in [0.2, 0.25) is 0 Å². The maximum absolute atomic E-state index is 11.9. The fourth-order valence-corrected chi connectivity index (χ4v) is 2.15. The second-order valence-corrected chi connectivity index (χ2v) is 5.86. The molecule has 2 aromatic rings. The third kappa shape index (κ3) is 6.30. The predicted octanol–water partition coefficient (Wildman–Crippen LogP) is 3.16. The molecule has 5 heteroatoms. The largest absolute Gasteiger partial charge is 0.492 e. The van der Waals surface area contributed by atoms with Gasteiger partial charge in [0.25, 0.3) is 5.91 Å². The molecule has 5 nitrogen and oxygen atoms in total. The Morgan fingerprint density at radius 1 is 1.00 bits per heavy atom. The van der Waals surface area contributed by atoms with Gasteiger partial charge < -0.3 is 14.8 Å². The summed E-state index contributed by atoms with van der Waals surface area (Å²) in [7, 11) is 0. The van der Waals surface area contributed by atoms with Gasteiger partial charge in [0.1, 0.15) is 12.4 Å². The van der Waals surface area contributed by atoms with Crippen molar-refractivity contribution in [1.82, 2.24) is 5.32 Å². The molecule has 2 rings (SSSR count). The zero-order valence-electron chi connectivity index (χ0n) is 14.5. The van der Waals surface area contributed by atoms with Crippen LogP contribution in [-0.4, -0.2) is 31.6 Å². The van der Waals surface area contributed by atoms with Gasteiger partial charge in [-0.2, -0.15) is 0 Å². The fraction of sp³-hybridized carbons (Fsp3) is 0.300. The topological polar surface area (TPSA) is 64.6 Å². The summed E-state index contributed by atoms with van der Waals surface area (Å²) in [4.78, 5) is 23.6. The Kier molecular flexibility index (Phi) is 7.01. The highest BCUT2D eigenvalue weighted by Gasteiger charge is 2.10. The van der Waals surface area contributed by atoms with Crippen molar-refractivity contribution in [3.05, 3.63) is 65.7 Å². The lowest BCUT2D eigenvalue weighted by Crippen LogP contribution is -2.32. The zero-order chi connectivity index (χ0) is 18.1. The second-order valence-electron chi connectivity index (χ2n) is 5.86. The minimum atomic E-state index is -0.508. The molecular weight excluding hydrogens is 318 g/mol. The Balaban J connectivity index is 1.66. The summed E-state index contributed by atoms with van der Waals surface area (Å²) in [5.74, 6) is 0.275. The first-order valence-electron chi connectivity index (χ1n) is 8.28. The molecule has 0 aromatic heterocycles. The number of amides is 1. The van der Waals surface area contributed by atoms with Crippen LogP contribution >= 0.6 is 0 Å². The van der Waals surface area contributed by atoms with Crippen molar-refractivity contribution in [3.63, 3.8) is 0 Å². The molecule has 2 aromatic carbocycles. The molecule has 0 heterocycles. The highest BCUT2D eigenvalue weighted by Crippen LogP contribution is 2.15. The average molecular weight is 341 g/mol. The van der Waals surface area contributed by atoms with Gasteiger partial charge in [-0.3, -0.25) is 4.79 Å². The number of para-hydroxylation sites is 1. The summed E-state index contributed by atoms with van der Waals surface area (Å²) in [6, 6.07) is 16.5. The first-order valence-corrected chi connectivity index (χ1v) is 8.28. The van der Waals surface area contributed by atoms with E-state index in [0.29, 0.717) is 24.6 Å². The van der Waals surface area contributed by atoms with Crippen molar-refractivity contribution in [3.8, 4) is 5.75 Å². The van der Waals surface area contributed by atoms with Crippen molar-refractivity contribution >= 4 is 11.9 Å². The monoisotopic (exact) mass is 341 g/mol. The molecule has 0 aliphatic heterocycles. The average Bonchev–Trinajstić information content (AvgIpc) is 2.64. The Hall–Kier alpha value is -2.82. The number of rotatable bonds is 8. The molecule has 0 atom stereocenters. The van der Waals surface area contributed by atoms with Crippen molar-refractivity contribution < 1.29 is 19.1 Å². The van der Waals surface area contributed by atoms with Crippen molar-refractivity contribution in [2.75, 3.05) is 19.8 Å². The second kappa shape index (κ2) is 9.47. The van der Waals surface area contributed by atoms with E-state index < -0.39 is 5.97 Å². The van der Waals surface area contributed by atoms with Gasteiger partial charge in [0.15, 0.2) is 6.61 Å². The van der Waals surface area contributed by atoms with Crippen LogP contribution in [-0.2, 0) is 9.53 Å². The van der Waals surface area contributed by atoms with Crippen LogP contribution in [0.25, 0.3) is 0 Å². The Labute approximate surface area is 148 Å². The summed E-state index contributed by atoms with van der Waals surface area (Å²) < 4.78 is 10.5. The minimum Gasteiger partial charge on any atom is -0.492 e. The number of hydrogen-bond donors (Lipinski definition) is 1. The minimum absolute atomic E-state index is 0.309. The molecule has 0 radical (unpaired) electrons. The van der Waals surface area contributed by atoms with Gasteiger partial charge >= 0.3 is 5.97 Å². The van der Waals surface area contributed by atoms with Crippen LogP contribution in [0.4, 0.5) is 0 Å². The van der Waals surface area contributed by atoms with Gasteiger partial charge in [0.05, 0.1) is 12.1 Å². The smallest absolute Gasteiger partial charge is 0.338 e. The number of benzene rings is 2. The third-order valence-electron chi connectivity index (χ3n) is 3.58. The SMILES string of the molecule is CC(C)c1ccc(C(=O)OCC(=O)NCCOc2ccccc2)cc1. The number of esters is 1. The van der Waals surface area contributed by atoms with E-state index in [1.54, 1.807) is 12.1 Å². The maximum Gasteiger partial charge on any atom is 0.338 e. The van der Waals surface area contributed by atoms with Crippen molar-refractivity contribution in [2.45, 2.75) is 19.8 Å². The zero-order valence-corrected chi connectivity index (χ0v) is 14.5. The van der Waals surface area contributed by atoms with Gasteiger partial charge in [-0.05, 0) is 35.7 Å². The first-order chi connectivity index (χ1) is 12.1.